The molecule has 2 aromatic carbocycles. The molecule has 0 radical (unpaired) electrons. The highest BCUT2D eigenvalue weighted by Gasteiger charge is 2.48. The second-order valence-electron chi connectivity index (χ2n) is 12.3. The summed E-state index contributed by atoms with van der Waals surface area (Å²) < 4.78 is 79.8. The molecule has 1 saturated heterocycles. The molecule has 2 aliphatic rings. The van der Waals surface area contributed by atoms with Crippen LogP contribution in [0.4, 0.5) is 17.6 Å². The predicted molar refractivity (Wildman–Crippen MR) is 172 cm³/mol. The zero-order valence-electron chi connectivity index (χ0n) is 26.8. The van der Waals surface area contributed by atoms with Crippen LogP contribution in [-0.2, 0) is 19.7 Å². The van der Waals surface area contributed by atoms with E-state index < -0.39 is 63.5 Å². The number of carbonyl (C=O) groups excluding carboxylic acids is 3. The van der Waals surface area contributed by atoms with Crippen molar-refractivity contribution in [1.82, 2.24) is 25.4 Å². The van der Waals surface area contributed by atoms with Gasteiger partial charge in [-0.25, -0.2) is 9.37 Å². The third-order valence-electron chi connectivity index (χ3n) is 8.46. The number of nitrogens with zero attached hydrogens (tertiary/aromatic N) is 3. The Hall–Kier alpha value is -4.57. The van der Waals surface area contributed by atoms with E-state index in [-0.39, 0.29) is 24.2 Å². The molecule has 0 unspecified atom stereocenters. The fourth-order valence-electron chi connectivity index (χ4n) is 5.52. The van der Waals surface area contributed by atoms with Crippen LogP contribution in [-0.4, -0.2) is 85.7 Å². The average molecular weight is 706 g/mol. The molecule has 11 nitrogen and oxygen atoms in total. The van der Waals surface area contributed by atoms with Crippen molar-refractivity contribution in [3.8, 4) is 5.75 Å². The van der Waals surface area contributed by atoms with Crippen LogP contribution >= 0.6 is 0 Å². The van der Waals surface area contributed by atoms with Gasteiger partial charge in [0, 0.05) is 18.0 Å². The first-order valence-electron chi connectivity index (χ1n) is 15.5. The van der Waals surface area contributed by atoms with Gasteiger partial charge in [-0.15, -0.1) is 0 Å². The third-order valence-corrected chi connectivity index (χ3v) is 9.44. The Kier molecular flexibility index (Phi) is 10.3. The summed E-state index contributed by atoms with van der Waals surface area (Å²) in [7, 11) is -2.26. The number of halogens is 4. The van der Waals surface area contributed by atoms with Gasteiger partial charge in [-0.05, 0) is 93.7 Å². The van der Waals surface area contributed by atoms with Gasteiger partial charge in [0.05, 0.1) is 18.1 Å². The van der Waals surface area contributed by atoms with Crippen molar-refractivity contribution in [2.45, 2.75) is 49.8 Å². The van der Waals surface area contributed by atoms with E-state index in [4.69, 9.17) is 0 Å². The largest absolute Gasteiger partial charge is 0.534 e. The number of benzene rings is 2. The van der Waals surface area contributed by atoms with E-state index in [0.29, 0.717) is 28.5 Å². The lowest BCUT2D eigenvalue weighted by atomic mass is 9.99. The van der Waals surface area contributed by atoms with Gasteiger partial charge in [-0.2, -0.15) is 21.6 Å². The van der Waals surface area contributed by atoms with Gasteiger partial charge in [0.1, 0.15) is 23.3 Å². The number of amides is 3. The Morgan fingerprint density at radius 3 is 2.51 bits per heavy atom. The first-order chi connectivity index (χ1) is 23.0. The van der Waals surface area contributed by atoms with Crippen LogP contribution in [0.1, 0.15) is 53.8 Å². The number of rotatable bonds is 11. The molecule has 3 atom stereocenters. The van der Waals surface area contributed by atoms with Crippen molar-refractivity contribution in [3.05, 3.63) is 77.2 Å². The number of allylic oxidation sites excluding steroid dienone is 1. The fourth-order valence-corrected chi connectivity index (χ4v) is 5.97. The van der Waals surface area contributed by atoms with E-state index >= 15 is 0 Å². The minimum Gasteiger partial charge on any atom is -0.376 e. The highest BCUT2D eigenvalue weighted by atomic mass is 32.2. The van der Waals surface area contributed by atoms with Crippen molar-refractivity contribution in [2.75, 3.05) is 27.2 Å². The van der Waals surface area contributed by atoms with Crippen molar-refractivity contribution >= 4 is 44.8 Å². The summed E-state index contributed by atoms with van der Waals surface area (Å²) in [5.74, 6) is -2.32. The monoisotopic (exact) mass is 705 g/mol. The van der Waals surface area contributed by atoms with Gasteiger partial charge in [0.15, 0.2) is 0 Å². The zero-order chi connectivity index (χ0) is 35.7. The minimum atomic E-state index is -5.89. The molecule has 1 aliphatic carbocycles. The van der Waals surface area contributed by atoms with Gasteiger partial charge in [-0.1, -0.05) is 24.3 Å². The quantitative estimate of drug-likeness (QED) is 0.172. The second-order valence-corrected chi connectivity index (χ2v) is 13.9. The van der Waals surface area contributed by atoms with Crippen molar-refractivity contribution < 1.29 is 44.5 Å². The number of pyridine rings is 1. The van der Waals surface area contributed by atoms with Crippen LogP contribution in [0.15, 0.2) is 54.6 Å². The maximum atomic E-state index is 13.7. The second kappa shape index (κ2) is 14.1. The van der Waals surface area contributed by atoms with E-state index in [2.05, 4.69) is 19.8 Å². The average Bonchev–Trinajstić information content (AvgIpc) is 3.75. The number of likely N-dealkylation sites (N-methyl/N-ethyl adjacent to an activating group) is 1. The molecule has 3 aromatic rings. The van der Waals surface area contributed by atoms with Gasteiger partial charge >= 0.3 is 15.6 Å². The molecule has 1 saturated carbocycles. The van der Waals surface area contributed by atoms with Gasteiger partial charge < -0.3 is 24.6 Å². The lowest BCUT2D eigenvalue weighted by Gasteiger charge is -2.26. The number of likely N-dealkylation sites (tertiary alicyclic amines) is 1. The van der Waals surface area contributed by atoms with Crippen LogP contribution in [0.5, 0.6) is 5.75 Å². The number of carbonyl (C=O) groups is 3. The topological polar surface area (TPSA) is 138 Å². The van der Waals surface area contributed by atoms with Crippen LogP contribution in [0, 0.1) is 11.7 Å². The van der Waals surface area contributed by atoms with Crippen LogP contribution < -0.4 is 14.8 Å². The molecule has 5 rings (SSSR count). The fraction of sp³-hybridized carbons (Fsp3) is 0.394. The summed E-state index contributed by atoms with van der Waals surface area (Å²) in [5.41, 5.74) is -4.33. The van der Waals surface area contributed by atoms with E-state index in [1.807, 2.05) is 25.1 Å². The van der Waals surface area contributed by atoms with Gasteiger partial charge in [0.25, 0.3) is 5.91 Å². The molecule has 262 valence electrons. The standard InChI is InChI=1S/C33H35F4N5O6S/c1-19(26-11-10-25(48-49(46,47)33(35,36)37)15-21(26)7-6-20-4-5-20)39-32(45)29-16-24(41(2)3)18-42(29)30(43)17-38-31(44)28-12-8-22-14-23(34)9-13-27(22)40-28/h6-15,19-20,24,29H,4-5,16-18H2,1-3H3,(H,38,44)(H,39,45)/b7-6+/t19-,24+,29-/m0/s1. The van der Waals surface area contributed by atoms with E-state index in [1.54, 1.807) is 19.1 Å². The summed E-state index contributed by atoms with van der Waals surface area (Å²) in [6.45, 7) is 1.45. The molecule has 2 heterocycles. The molecule has 1 aromatic heterocycles. The summed E-state index contributed by atoms with van der Waals surface area (Å²) in [4.78, 5) is 47.4. The number of aromatic nitrogens is 1. The Balaban J connectivity index is 1.29. The van der Waals surface area contributed by atoms with Crippen molar-refractivity contribution in [2.24, 2.45) is 5.92 Å². The van der Waals surface area contributed by atoms with Crippen LogP contribution in [0.2, 0.25) is 0 Å². The molecule has 0 spiro atoms. The predicted octanol–water partition coefficient (Wildman–Crippen LogP) is 4.16. The van der Waals surface area contributed by atoms with Crippen LogP contribution in [0.3, 0.4) is 0 Å². The Bertz CT molecular complexity index is 1900. The number of hydrogen-bond donors (Lipinski definition) is 2. The Labute approximate surface area is 280 Å². The molecular formula is C33H35F4N5O6S. The molecule has 16 heteroatoms. The third kappa shape index (κ3) is 8.54. The van der Waals surface area contributed by atoms with E-state index in [9.17, 15) is 40.4 Å². The molecule has 3 amide bonds. The lowest BCUT2D eigenvalue weighted by molar-refractivity contribution is -0.138. The van der Waals surface area contributed by atoms with Crippen LogP contribution in [0.25, 0.3) is 17.0 Å². The SMILES string of the molecule is C[C@H](NC(=O)[C@@H]1C[C@@H](N(C)C)CN1C(=O)CNC(=O)c1ccc2cc(F)ccc2n1)c1ccc(OS(=O)(=O)C(F)(F)F)cc1/C=C/C1CC1. The number of alkyl halides is 3. The normalized spacial score (nSPS) is 19.0. The summed E-state index contributed by atoms with van der Waals surface area (Å²) in [6.07, 6.45) is 5.69. The number of nitrogens with one attached hydrogen (secondary N) is 2. The smallest absolute Gasteiger partial charge is 0.376 e. The number of fused-ring (bicyclic) bond motifs is 1. The molecule has 1 aliphatic heterocycles. The maximum absolute atomic E-state index is 13.7. The summed E-state index contributed by atoms with van der Waals surface area (Å²) in [5, 5.41) is 5.93. The lowest BCUT2D eigenvalue weighted by Crippen LogP contribution is -2.49. The Morgan fingerprint density at radius 2 is 1.84 bits per heavy atom. The summed E-state index contributed by atoms with van der Waals surface area (Å²) in [6, 6.07) is 8.76. The molecule has 0 bridgehead atoms. The highest BCUT2D eigenvalue weighted by molar-refractivity contribution is 7.88. The minimum absolute atomic E-state index is 0.0292. The zero-order valence-corrected chi connectivity index (χ0v) is 27.6. The van der Waals surface area contributed by atoms with E-state index in [1.165, 1.54) is 41.3 Å². The first-order valence-corrected chi connectivity index (χ1v) is 16.9. The van der Waals surface area contributed by atoms with Gasteiger partial charge in [-0.3, -0.25) is 14.4 Å². The molecular weight excluding hydrogens is 670 g/mol. The number of hydrogen-bond acceptors (Lipinski definition) is 8. The van der Waals surface area contributed by atoms with Crippen molar-refractivity contribution in [3.63, 3.8) is 0 Å². The van der Waals surface area contributed by atoms with E-state index in [0.717, 1.165) is 18.9 Å². The summed E-state index contributed by atoms with van der Waals surface area (Å²) >= 11 is 0. The molecule has 2 fully saturated rings. The van der Waals surface area contributed by atoms with Crippen molar-refractivity contribution in [1.29, 1.82) is 0 Å². The highest BCUT2D eigenvalue weighted by Crippen LogP contribution is 2.34. The Morgan fingerprint density at radius 1 is 1.10 bits per heavy atom. The van der Waals surface area contributed by atoms with Gasteiger partial charge in [0.2, 0.25) is 11.8 Å². The molecule has 2 N–H and O–H groups in total. The maximum Gasteiger partial charge on any atom is 0.534 e. The first kappa shape index (κ1) is 35.7. The molecule has 49 heavy (non-hydrogen) atoms.